The molecule has 0 radical (unpaired) electrons. The van der Waals surface area contributed by atoms with Gasteiger partial charge < -0.3 is 5.11 Å². The highest BCUT2D eigenvalue weighted by atomic mass is 32.1. The van der Waals surface area contributed by atoms with Crippen molar-refractivity contribution in [2.75, 3.05) is 6.54 Å². The lowest BCUT2D eigenvalue weighted by Gasteiger charge is -2.19. The molecule has 1 N–H and O–H groups in total. The number of aromatic nitrogens is 1. The summed E-state index contributed by atoms with van der Waals surface area (Å²) < 4.78 is 0. The van der Waals surface area contributed by atoms with E-state index in [4.69, 9.17) is 5.11 Å². The van der Waals surface area contributed by atoms with Gasteiger partial charge in [-0.2, -0.15) is 0 Å². The fourth-order valence-corrected chi connectivity index (χ4v) is 2.56. The Morgan fingerprint density at radius 1 is 1.32 bits per heavy atom. The zero-order valence-electron chi connectivity index (χ0n) is 10.7. The van der Waals surface area contributed by atoms with Gasteiger partial charge in [0.2, 0.25) is 0 Å². The van der Waals surface area contributed by atoms with Gasteiger partial charge in [-0.25, -0.2) is 9.78 Å². The fourth-order valence-electron chi connectivity index (χ4n) is 1.82. The highest BCUT2D eigenvalue weighted by Crippen LogP contribution is 2.13. The normalized spacial score (nSPS) is 10.8. The number of thiophene rings is 1. The van der Waals surface area contributed by atoms with Crippen molar-refractivity contribution in [2.24, 2.45) is 0 Å². The molecule has 2 rings (SSSR count). The van der Waals surface area contributed by atoms with E-state index in [1.165, 1.54) is 10.9 Å². The third kappa shape index (κ3) is 3.87. The third-order valence-corrected chi connectivity index (χ3v) is 3.68. The number of carboxylic acids is 1. The molecule has 0 bridgehead atoms. The Balaban J connectivity index is 2.05. The molecule has 0 spiro atoms. The first-order valence-corrected chi connectivity index (χ1v) is 7.01. The summed E-state index contributed by atoms with van der Waals surface area (Å²) in [6.45, 7) is 4.52. The molecule has 0 aliphatic rings. The minimum atomic E-state index is -0.983. The molecule has 0 aromatic carbocycles. The number of carbonyl (C=O) groups is 1. The van der Waals surface area contributed by atoms with Crippen LogP contribution in [0.1, 0.15) is 28.0 Å². The molecule has 4 nitrogen and oxygen atoms in total. The summed E-state index contributed by atoms with van der Waals surface area (Å²) in [6.07, 6.45) is 0. The highest BCUT2D eigenvalue weighted by Gasteiger charge is 2.09. The molecule has 0 saturated carbocycles. The Hall–Kier alpha value is -1.72. The van der Waals surface area contributed by atoms with Crippen LogP contribution in [0.4, 0.5) is 0 Å². The van der Waals surface area contributed by atoms with Crippen LogP contribution in [0.3, 0.4) is 0 Å². The number of hydrogen-bond acceptors (Lipinski definition) is 4. The predicted molar refractivity (Wildman–Crippen MR) is 75.3 cm³/mol. The number of hydrogen-bond donors (Lipinski definition) is 1. The monoisotopic (exact) mass is 276 g/mol. The van der Waals surface area contributed by atoms with Crippen LogP contribution in [0, 0.1) is 0 Å². The van der Waals surface area contributed by atoms with Gasteiger partial charge in [0.15, 0.2) is 0 Å². The van der Waals surface area contributed by atoms with Crippen LogP contribution in [0.15, 0.2) is 35.7 Å². The lowest BCUT2D eigenvalue weighted by Crippen LogP contribution is -2.22. The zero-order chi connectivity index (χ0) is 13.7. The van der Waals surface area contributed by atoms with E-state index in [2.05, 4.69) is 28.3 Å². The van der Waals surface area contributed by atoms with E-state index in [9.17, 15) is 4.79 Å². The molecule has 0 saturated heterocycles. The molecular weight excluding hydrogens is 260 g/mol. The minimum absolute atomic E-state index is 0.102. The molecule has 0 atom stereocenters. The van der Waals surface area contributed by atoms with Crippen molar-refractivity contribution < 1.29 is 9.90 Å². The highest BCUT2D eigenvalue weighted by molar-refractivity contribution is 7.09. The second-order valence-electron chi connectivity index (χ2n) is 4.20. The molecule has 2 heterocycles. The van der Waals surface area contributed by atoms with Gasteiger partial charge >= 0.3 is 5.97 Å². The summed E-state index contributed by atoms with van der Waals surface area (Å²) in [5, 5.41) is 11.0. The van der Waals surface area contributed by atoms with Gasteiger partial charge in [-0.3, -0.25) is 4.90 Å². The summed E-state index contributed by atoms with van der Waals surface area (Å²) in [6, 6.07) is 9.27. The average molecular weight is 276 g/mol. The Morgan fingerprint density at radius 2 is 2.16 bits per heavy atom. The summed E-state index contributed by atoms with van der Waals surface area (Å²) in [5.41, 5.74) is 0.892. The van der Waals surface area contributed by atoms with Crippen LogP contribution in [0.2, 0.25) is 0 Å². The van der Waals surface area contributed by atoms with E-state index >= 15 is 0 Å². The SMILES string of the molecule is CCN(Cc1cccc(C(=O)O)n1)Cc1cccs1. The average Bonchev–Trinajstić information content (AvgIpc) is 2.91. The van der Waals surface area contributed by atoms with Crippen LogP contribution in [-0.2, 0) is 13.1 Å². The number of rotatable bonds is 6. The predicted octanol–water partition coefficient (Wildman–Crippen LogP) is 2.86. The Bertz CT molecular complexity index is 540. The first-order chi connectivity index (χ1) is 9.19. The van der Waals surface area contributed by atoms with E-state index in [1.807, 2.05) is 12.1 Å². The van der Waals surface area contributed by atoms with Gasteiger partial charge in [-0.1, -0.05) is 19.1 Å². The van der Waals surface area contributed by atoms with E-state index in [1.54, 1.807) is 17.4 Å². The standard InChI is InChI=1S/C14H16N2O2S/c1-2-16(10-12-6-4-8-19-12)9-11-5-3-7-13(15-11)14(17)18/h3-8H,2,9-10H2,1H3,(H,17,18). The Morgan fingerprint density at radius 3 is 2.79 bits per heavy atom. The van der Waals surface area contributed by atoms with Crippen molar-refractivity contribution >= 4 is 17.3 Å². The van der Waals surface area contributed by atoms with Crippen molar-refractivity contribution in [3.8, 4) is 0 Å². The number of pyridine rings is 1. The molecule has 0 amide bonds. The molecule has 0 aliphatic heterocycles. The van der Waals surface area contributed by atoms with E-state index in [0.29, 0.717) is 6.54 Å². The summed E-state index contributed by atoms with van der Waals surface area (Å²) >= 11 is 1.73. The smallest absolute Gasteiger partial charge is 0.354 e. The Labute approximate surface area is 116 Å². The van der Waals surface area contributed by atoms with Crippen LogP contribution >= 0.6 is 11.3 Å². The summed E-state index contributed by atoms with van der Waals surface area (Å²) in [7, 11) is 0. The van der Waals surface area contributed by atoms with Gasteiger partial charge in [-0.05, 0) is 30.1 Å². The summed E-state index contributed by atoms with van der Waals surface area (Å²) in [5.74, 6) is -0.983. The molecule has 0 fully saturated rings. The van der Waals surface area contributed by atoms with Crippen molar-refractivity contribution in [1.29, 1.82) is 0 Å². The topological polar surface area (TPSA) is 53.4 Å². The minimum Gasteiger partial charge on any atom is -0.477 e. The van der Waals surface area contributed by atoms with E-state index in [0.717, 1.165) is 18.8 Å². The molecule has 5 heteroatoms. The van der Waals surface area contributed by atoms with Crippen LogP contribution in [0.25, 0.3) is 0 Å². The van der Waals surface area contributed by atoms with Crippen LogP contribution < -0.4 is 0 Å². The second kappa shape index (κ2) is 6.45. The number of carboxylic acid groups (broad SMARTS) is 1. The fraction of sp³-hybridized carbons (Fsp3) is 0.286. The molecule has 2 aromatic rings. The quantitative estimate of drug-likeness (QED) is 0.881. The van der Waals surface area contributed by atoms with Crippen LogP contribution in [-0.4, -0.2) is 27.5 Å². The van der Waals surface area contributed by atoms with Crippen molar-refractivity contribution in [3.63, 3.8) is 0 Å². The largest absolute Gasteiger partial charge is 0.477 e. The Kier molecular flexibility index (Phi) is 4.65. The van der Waals surface area contributed by atoms with Crippen LogP contribution in [0.5, 0.6) is 0 Å². The number of nitrogens with zero attached hydrogens (tertiary/aromatic N) is 2. The maximum atomic E-state index is 10.9. The lowest BCUT2D eigenvalue weighted by molar-refractivity contribution is 0.0690. The zero-order valence-corrected chi connectivity index (χ0v) is 11.6. The van der Waals surface area contributed by atoms with Crippen molar-refractivity contribution in [2.45, 2.75) is 20.0 Å². The van der Waals surface area contributed by atoms with E-state index in [-0.39, 0.29) is 5.69 Å². The lowest BCUT2D eigenvalue weighted by atomic mass is 10.2. The molecule has 2 aromatic heterocycles. The van der Waals surface area contributed by atoms with Gasteiger partial charge in [0.1, 0.15) is 5.69 Å². The van der Waals surface area contributed by atoms with Crippen molar-refractivity contribution in [1.82, 2.24) is 9.88 Å². The van der Waals surface area contributed by atoms with Gasteiger partial charge in [0, 0.05) is 18.0 Å². The number of aromatic carboxylic acids is 1. The molecular formula is C14H16N2O2S. The summed E-state index contributed by atoms with van der Waals surface area (Å²) in [4.78, 5) is 18.6. The molecule has 0 unspecified atom stereocenters. The van der Waals surface area contributed by atoms with Crippen molar-refractivity contribution in [3.05, 3.63) is 52.0 Å². The molecule has 100 valence electrons. The first kappa shape index (κ1) is 13.7. The molecule has 0 aliphatic carbocycles. The molecule has 19 heavy (non-hydrogen) atoms. The van der Waals surface area contributed by atoms with E-state index < -0.39 is 5.97 Å². The third-order valence-electron chi connectivity index (χ3n) is 2.82. The van der Waals surface area contributed by atoms with Gasteiger partial charge in [0.25, 0.3) is 0 Å². The van der Waals surface area contributed by atoms with Gasteiger partial charge in [0.05, 0.1) is 5.69 Å². The maximum absolute atomic E-state index is 10.9. The second-order valence-corrected chi connectivity index (χ2v) is 5.23. The first-order valence-electron chi connectivity index (χ1n) is 6.13. The maximum Gasteiger partial charge on any atom is 0.354 e. The van der Waals surface area contributed by atoms with Gasteiger partial charge in [-0.15, -0.1) is 11.3 Å².